The third-order valence-electron chi connectivity index (χ3n) is 5.42. The Morgan fingerprint density at radius 3 is 2.17 bits per heavy atom. The molecule has 1 aromatic heterocycles. The highest BCUT2D eigenvalue weighted by atomic mass is 35.5. The molecule has 0 amide bonds. The molecule has 0 spiro atoms. The summed E-state index contributed by atoms with van der Waals surface area (Å²) in [5, 5.41) is 1.24. The van der Waals surface area contributed by atoms with Gasteiger partial charge in [0.25, 0.3) is 0 Å². The van der Waals surface area contributed by atoms with Crippen LogP contribution in [0.1, 0.15) is 49.3 Å². The maximum absolute atomic E-state index is 13.1. The highest BCUT2D eigenvalue weighted by molar-refractivity contribution is 6.30. The Labute approximate surface area is 185 Å². The summed E-state index contributed by atoms with van der Waals surface area (Å²) in [6, 6.07) is 16.7. The fourth-order valence-electron chi connectivity index (χ4n) is 4.06. The van der Waals surface area contributed by atoms with Crippen molar-refractivity contribution >= 4 is 35.0 Å². The maximum Gasteiger partial charge on any atom is 0.303 e. The molecule has 0 saturated heterocycles. The van der Waals surface area contributed by atoms with Crippen LogP contribution in [0.15, 0.2) is 54.6 Å². The van der Waals surface area contributed by atoms with Gasteiger partial charge in [-0.1, -0.05) is 49.2 Å². The summed E-state index contributed by atoms with van der Waals surface area (Å²) in [5.74, 6) is -0.355. The van der Waals surface area contributed by atoms with E-state index in [1.165, 1.54) is 6.92 Å². The minimum atomic E-state index is -0.570. The van der Waals surface area contributed by atoms with Gasteiger partial charge < -0.3 is 9.30 Å². The second-order valence-corrected chi connectivity index (χ2v) is 9.10. The molecule has 1 aliphatic carbocycles. The minimum absolute atomic E-state index is 0.0290. The number of rotatable bonds is 3. The van der Waals surface area contributed by atoms with Crippen LogP contribution in [0.2, 0.25) is 10.0 Å². The average Bonchev–Trinajstić information content (AvgIpc) is 3.06. The largest absolute Gasteiger partial charge is 0.455 e. The van der Waals surface area contributed by atoms with Crippen molar-refractivity contribution in [2.24, 2.45) is 5.41 Å². The molecular weight excluding hydrogens is 421 g/mol. The molecule has 4 nitrogen and oxygen atoms in total. The Bertz CT molecular complexity index is 1130. The van der Waals surface area contributed by atoms with Crippen LogP contribution in [0.25, 0.3) is 16.9 Å². The number of halogens is 2. The molecule has 0 aliphatic heterocycles. The summed E-state index contributed by atoms with van der Waals surface area (Å²) in [5.41, 5.74) is 3.25. The number of hydrogen-bond acceptors (Lipinski definition) is 3. The van der Waals surface area contributed by atoms with Gasteiger partial charge in [0.05, 0.1) is 11.4 Å². The second-order valence-electron chi connectivity index (χ2n) is 8.23. The van der Waals surface area contributed by atoms with Crippen LogP contribution in [0.4, 0.5) is 0 Å². The lowest BCUT2D eigenvalue weighted by Crippen LogP contribution is -2.35. The van der Waals surface area contributed by atoms with E-state index in [0.29, 0.717) is 27.7 Å². The maximum atomic E-state index is 13.1. The lowest BCUT2D eigenvalue weighted by molar-refractivity contribution is -0.154. The second kappa shape index (κ2) is 7.60. The van der Waals surface area contributed by atoms with E-state index in [0.717, 1.165) is 16.9 Å². The molecule has 1 atom stereocenters. The molecule has 0 bridgehead atoms. The van der Waals surface area contributed by atoms with Crippen LogP contribution in [0.5, 0.6) is 0 Å². The van der Waals surface area contributed by atoms with Crippen LogP contribution < -0.4 is 0 Å². The van der Waals surface area contributed by atoms with Crippen LogP contribution in [-0.4, -0.2) is 16.3 Å². The SMILES string of the molecule is CC(=O)OC1c2c(cc(-c3ccc(Cl)cc3)n2-c2ccc(Cl)cc2)C(=O)CC1(C)C. The Balaban J connectivity index is 2.04. The van der Waals surface area contributed by atoms with Gasteiger partial charge in [0, 0.05) is 40.1 Å². The molecular formula is C24H21Cl2NO3. The molecule has 1 unspecified atom stereocenters. The molecule has 0 radical (unpaired) electrons. The molecule has 1 aliphatic rings. The average molecular weight is 442 g/mol. The van der Waals surface area contributed by atoms with E-state index in [1.807, 2.05) is 60.9 Å². The lowest BCUT2D eigenvalue weighted by Gasteiger charge is -2.38. The third kappa shape index (κ3) is 3.66. The highest BCUT2D eigenvalue weighted by Crippen LogP contribution is 2.49. The van der Waals surface area contributed by atoms with E-state index in [1.54, 1.807) is 12.1 Å². The molecule has 0 fully saturated rings. The Morgan fingerprint density at radius 2 is 1.60 bits per heavy atom. The number of ether oxygens (including phenoxy) is 1. The van der Waals surface area contributed by atoms with E-state index in [9.17, 15) is 9.59 Å². The summed E-state index contributed by atoms with van der Waals surface area (Å²) < 4.78 is 7.76. The van der Waals surface area contributed by atoms with E-state index >= 15 is 0 Å². The number of Topliss-reactive ketones (excluding diaryl/α,β-unsaturated/α-hetero) is 1. The number of benzene rings is 2. The topological polar surface area (TPSA) is 48.3 Å². The molecule has 6 heteroatoms. The van der Waals surface area contributed by atoms with Gasteiger partial charge in [-0.3, -0.25) is 9.59 Å². The number of hydrogen-bond donors (Lipinski definition) is 0. The van der Waals surface area contributed by atoms with Crippen molar-refractivity contribution in [3.05, 3.63) is 75.9 Å². The zero-order valence-electron chi connectivity index (χ0n) is 16.9. The van der Waals surface area contributed by atoms with E-state index in [2.05, 4.69) is 0 Å². The normalized spacial score (nSPS) is 17.5. The predicted molar refractivity (Wildman–Crippen MR) is 118 cm³/mol. The molecule has 154 valence electrons. The predicted octanol–water partition coefficient (Wildman–Crippen LogP) is 6.67. The van der Waals surface area contributed by atoms with Gasteiger partial charge in [-0.05, 0) is 48.0 Å². The summed E-state index contributed by atoms with van der Waals surface area (Å²) in [6.07, 6.45) is -0.276. The standard InChI is InChI=1S/C24H21Cl2NO3/c1-14(28)30-23-22-19(21(29)13-24(23,2)3)12-20(15-4-6-16(25)7-5-15)27(22)18-10-8-17(26)9-11-18/h4-12,23H,13H2,1-3H3. The van der Waals surface area contributed by atoms with Crippen LogP contribution in [-0.2, 0) is 9.53 Å². The minimum Gasteiger partial charge on any atom is -0.455 e. The summed E-state index contributed by atoms with van der Waals surface area (Å²) >= 11 is 12.2. The first-order chi connectivity index (χ1) is 14.2. The lowest BCUT2D eigenvalue weighted by atomic mass is 9.73. The molecule has 0 N–H and O–H groups in total. The van der Waals surface area contributed by atoms with Gasteiger partial charge in [0.2, 0.25) is 0 Å². The highest BCUT2D eigenvalue weighted by Gasteiger charge is 2.45. The number of nitrogens with zero attached hydrogens (tertiary/aromatic N) is 1. The first kappa shape index (κ1) is 20.7. The van der Waals surface area contributed by atoms with Crippen molar-refractivity contribution in [3.8, 4) is 16.9 Å². The summed E-state index contributed by atoms with van der Waals surface area (Å²) in [4.78, 5) is 25.0. The quantitative estimate of drug-likeness (QED) is 0.426. The summed E-state index contributed by atoms with van der Waals surface area (Å²) in [7, 11) is 0. The van der Waals surface area contributed by atoms with Gasteiger partial charge in [0.1, 0.15) is 6.10 Å². The number of carbonyl (C=O) groups excluding carboxylic acids is 2. The molecule has 2 aromatic carbocycles. The van der Waals surface area contributed by atoms with Crippen molar-refractivity contribution in [1.29, 1.82) is 0 Å². The van der Waals surface area contributed by atoms with E-state index in [-0.39, 0.29) is 11.8 Å². The Kier molecular flexibility index (Phi) is 5.25. The van der Waals surface area contributed by atoms with Crippen molar-refractivity contribution in [3.63, 3.8) is 0 Å². The van der Waals surface area contributed by atoms with E-state index < -0.39 is 11.5 Å². The first-order valence-electron chi connectivity index (χ1n) is 9.65. The van der Waals surface area contributed by atoms with Crippen LogP contribution in [0.3, 0.4) is 0 Å². The van der Waals surface area contributed by atoms with Crippen molar-refractivity contribution in [2.45, 2.75) is 33.3 Å². The Morgan fingerprint density at radius 1 is 1.03 bits per heavy atom. The van der Waals surface area contributed by atoms with Gasteiger partial charge >= 0.3 is 5.97 Å². The monoisotopic (exact) mass is 441 g/mol. The molecule has 4 rings (SSSR count). The van der Waals surface area contributed by atoms with E-state index in [4.69, 9.17) is 27.9 Å². The molecule has 0 saturated carbocycles. The number of carbonyl (C=O) groups is 2. The number of esters is 1. The molecule has 3 aromatic rings. The van der Waals surface area contributed by atoms with Crippen molar-refractivity contribution in [2.75, 3.05) is 0 Å². The van der Waals surface area contributed by atoms with Gasteiger partial charge in [-0.15, -0.1) is 0 Å². The zero-order valence-corrected chi connectivity index (χ0v) is 18.4. The number of aromatic nitrogens is 1. The Hall–Kier alpha value is -2.56. The van der Waals surface area contributed by atoms with Crippen molar-refractivity contribution < 1.29 is 14.3 Å². The van der Waals surface area contributed by atoms with Gasteiger partial charge in [-0.2, -0.15) is 0 Å². The zero-order chi connectivity index (χ0) is 21.6. The fourth-order valence-corrected chi connectivity index (χ4v) is 4.31. The summed E-state index contributed by atoms with van der Waals surface area (Å²) in [6.45, 7) is 5.28. The van der Waals surface area contributed by atoms with Crippen LogP contribution in [0, 0.1) is 5.41 Å². The molecule has 30 heavy (non-hydrogen) atoms. The number of fused-ring (bicyclic) bond motifs is 1. The van der Waals surface area contributed by atoms with Crippen LogP contribution >= 0.6 is 23.2 Å². The number of ketones is 1. The first-order valence-corrected chi connectivity index (χ1v) is 10.4. The van der Waals surface area contributed by atoms with Crippen molar-refractivity contribution in [1.82, 2.24) is 4.57 Å². The van der Waals surface area contributed by atoms with Gasteiger partial charge in [-0.25, -0.2) is 0 Å². The smallest absolute Gasteiger partial charge is 0.303 e. The third-order valence-corrected chi connectivity index (χ3v) is 5.93. The van der Waals surface area contributed by atoms with Gasteiger partial charge in [0.15, 0.2) is 5.78 Å². The molecule has 1 heterocycles. The fraction of sp³-hybridized carbons (Fsp3) is 0.250.